The highest BCUT2D eigenvalue weighted by Gasteiger charge is 2.14. The van der Waals surface area contributed by atoms with E-state index < -0.39 is 0 Å². The summed E-state index contributed by atoms with van der Waals surface area (Å²) in [5.41, 5.74) is 7.52. The second kappa shape index (κ2) is 3.96. The van der Waals surface area contributed by atoms with E-state index in [9.17, 15) is 0 Å². The van der Waals surface area contributed by atoms with E-state index in [0.29, 0.717) is 12.4 Å². The van der Waals surface area contributed by atoms with Gasteiger partial charge < -0.3 is 10.3 Å². The topological polar surface area (TPSA) is 82.8 Å². The van der Waals surface area contributed by atoms with E-state index in [1.807, 2.05) is 13.0 Å². The molecule has 0 fully saturated rings. The van der Waals surface area contributed by atoms with Crippen LogP contribution in [-0.4, -0.2) is 20.2 Å². The van der Waals surface area contributed by atoms with E-state index >= 15 is 0 Å². The molecule has 16 heavy (non-hydrogen) atoms. The summed E-state index contributed by atoms with van der Waals surface area (Å²) >= 11 is 0. The van der Waals surface area contributed by atoms with Gasteiger partial charge in [0.2, 0.25) is 0 Å². The first-order chi connectivity index (χ1) is 7.58. The molecule has 0 unspecified atom stereocenters. The maximum Gasteiger partial charge on any atom is 0.169 e. The molecular formula is C10H15N5O. The molecule has 0 saturated carbocycles. The lowest BCUT2D eigenvalue weighted by atomic mass is 10.1. The minimum absolute atomic E-state index is 0.281. The van der Waals surface area contributed by atoms with Crippen LogP contribution in [0.3, 0.4) is 0 Å². The van der Waals surface area contributed by atoms with E-state index in [4.69, 9.17) is 10.3 Å². The van der Waals surface area contributed by atoms with Gasteiger partial charge in [-0.25, -0.2) is 4.68 Å². The van der Waals surface area contributed by atoms with Gasteiger partial charge in [-0.2, -0.15) is 0 Å². The number of nitrogens with two attached hydrogens (primary N) is 1. The van der Waals surface area contributed by atoms with Crippen molar-refractivity contribution in [1.29, 1.82) is 0 Å². The number of hydrogen-bond acceptors (Lipinski definition) is 5. The molecule has 0 bridgehead atoms. The number of aromatic nitrogens is 4. The van der Waals surface area contributed by atoms with Gasteiger partial charge >= 0.3 is 0 Å². The van der Waals surface area contributed by atoms with Crippen LogP contribution in [0.2, 0.25) is 0 Å². The lowest BCUT2D eigenvalue weighted by Crippen LogP contribution is -2.09. The van der Waals surface area contributed by atoms with E-state index in [1.54, 1.807) is 4.68 Å². The standard InChI is InChI=1S/C10H15N5O/c1-6(2)9-10(11)12-14-15(9)5-8-4-7(3)16-13-8/h4,6H,5,11H2,1-3H3. The molecule has 86 valence electrons. The molecule has 2 aromatic rings. The largest absolute Gasteiger partial charge is 0.381 e. The van der Waals surface area contributed by atoms with Crippen molar-refractivity contribution in [1.82, 2.24) is 20.2 Å². The van der Waals surface area contributed by atoms with Crippen LogP contribution in [0.25, 0.3) is 0 Å². The lowest BCUT2D eigenvalue weighted by Gasteiger charge is -2.07. The van der Waals surface area contributed by atoms with Crippen LogP contribution < -0.4 is 5.73 Å². The third kappa shape index (κ3) is 1.91. The average molecular weight is 221 g/mol. The van der Waals surface area contributed by atoms with Gasteiger partial charge in [-0.1, -0.05) is 24.2 Å². The summed E-state index contributed by atoms with van der Waals surface area (Å²) < 4.78 is 6.76. The molecule has 2 aromatic heterocycles. The Hall–Kier alpha value is -1.85. The zero-order chi connectivity index (χ0) is 11.7. The molecular weight excluding hydrogens is 206 g/mol. The van der Waals surface area contributed by atoms with E-state index in [1.165, 1.54) is 0 Å². The molecule has 2 rings (SSSR count). The number of aryl methyl sites for hydroxylation is 1. The van der Waals surface area contributed by atoms with Gasteiger partial charge in [-0.3, -0.25) is 0 Å². The number of nitrogen functional groups attached to an aromatic ring is 1. The average Bonchev–Trinajstić information content (AvgIpc) is 2.74. The molecule has 6 heteroatoms. The number of anilines is 1. The molecule has 2 N–H and O–H groups in total. The highest BCUT2D eigenvalue weighted by atomic mass is 16.5. The van der Waals surface area contributed by atoms with Crippen LogP contribution in [0.15, 0.2) is 10.6 Å². The fraction of sp³-hybridized carbons (Fsp3) is 0.500. The molecule has 6 nitrogen and oxygen atoms in total. The SMILES string of the molecule is Cc1cc(Cn2nnc(N)c2C(C)C)no1. The monoisotopic (exact) mass is 221 g/mol. The van der Waals surface area contributed by atoms with Crippen molar-refractivity contribution in [2.45, 2.75) is 33.2 Å². The van der Waals surface area contributed by atoms with Crippen LogP contribution in [0, 0.1) is 6.92 Å². The summed E-state index contributed by atoms with van der Waals surface area (Å²) in [6.45, 7) is 6.50. The van der Waals surface area contributed by atoms with Crippen LogP contribution in [0.5, 0.6) is 0 Å². The smallest absolute Gasteiger partial charge is 0.169 e. The Kier molecular flexibility index (Phi) is 2.64. The Morgan fingerprint density at radius 3 is 2.81 bits per heavy atom. The third-order valence-electron chi connectivity index (χ3n) is 2.34. The lowest BCUT2D eigenvalue weighted by molar-refractivity contribution is 0.386. The van der Waals surface area contributed by atoms with E-state index in [0.717, 1.165) is 17.1 Å². The molecule has 2 heterocycles. The molecule has 0 saturated heterocycles. The molecule has 0 aromatic carbocycles. The molecule has 0 amide bonds. The van der Waals surface area contributed by atoms with Gasteiger partial charge in [-0.15, -0.1) is 5.10 Å². The van der Waals surface area contributed by atoms with Gasteiger partial charge in [0.25, 0.3) is 0 Å². The van der Waals surface area contributed by atoms with Gasteiger partial charge in [-0.05, 0) is 12.8 Å². The zero-order valence-corrected chi connectivity index (χ0v) is 9.64. The van der Waals surface area contributed by atoms with E-state index in [2.05, 4.69) is 29.3 Å². The normalized spacial score (nSPS) is 11.2. The first kappa shape index (κ1) is 10.7. The Labute approximate surface area is 93.4 Å². The molecule has 0 aliphatic heterocycles. The fourth-order valence-electron chi connectivity index (χ4n) is 1.69. The minimum Gasteiger partial charge on any atom is -0.381 e. The number of hydrogen-bond donors (Lipinski definition) is 1. The minimum atomic E-state index is 0.281. The maximum absolute atomic E-state index is 5.76. The Balaban J connectivity index is 2.28. The van der Waals surface area contributed by atoms with Crippen LogP contribution in [0.1, 0.15) is 36.9 Å². The highest BCUT2D eigenvalue weighted by molar-refractivity contribution is 5.35. The van der Waals surface area contributed by atoms with Gasteiger partial charge in [0, 0.05) is 6.07 Å². The molecule has 0 spiro atoms. The zero-order valence-electron chi connectivity index (χ0n) is 9.64. The highest BCUT2D eigenvalue weighted by Crippen LogP contribution is 2.19. The van der Waals surface area contributed by atoms with Gasteiger partial charge in [0.05, 0.1) is 12.2 Å². The summed E-state index contributed by atoms with van der Waals surface area (Å²) in [4.78, 5) is 0. The molecule has 0 atom stereocenters. The van der Waals surface area contributed by atoms with Gasteiger partial charge in [0.1, 0.15) is 11.5 Å². The quantitative estimate of drug-likeness (QED) is 0.845. The predicted octanol–water partition coefficient (Wildman–Crippen LogP) is 1.33. The Morgan fingerprint density at radius 1 is 1.50 bits per heavy atom. The Bertz CT molecular complexity index is 485. The van der Waals surface area contributed by atoms with Crippen molar-refractivity contribution in [3.8, 4) is 0 Å². The third-order valence-corrected chi connectivity index (χ3v) is 2.34. The number of nitrogens with zero attached hydrogens (tertiary/aromatic N) is 4. The van der Waals surface area contributed by atoms with Crippen molar-refractivity contribution < 1.29 is 4.52 Å². The molecule has 0 radical (unpaired) electrons. The number of rotatable bonds is 3. The summed E-state index contributed by atoms with van der Waals surface area (Å²) in [6.07, 6.45) is 0. The van der Waals surface area contributed by atoms with Crippen molar-refractivity contribution in [2.24, 2.45) is 0 Å². The van der Waals surface area contributed by atoms with E-state index in [-0.39, 0.29) is 5.92 Å². The maximum atomic E-state index is 5.76. The predicted molar refractivity (Wildman–Crippen MR) is 58.9 cm³/mol. The van der Waals surface area contributed by atoms with Crippen LogP contribution >= 0.6 is 0 Å². The van der Waals surface area contributed by atoms with Crippen molar-refractivity contribution >= 4 is 5.82 Å². The second-order valence-corrected chi connectivity index (χ2v) is 4.10. The van der Waals surface area contributed by atoms with Crippen molar-refractivity contribution in [3.63, 3.8) is 0 Å². The summed E-state index contributed by atoms with van der Waals surface area (Å²) in [6, 6.07) is 1.88. The Morgan fingerprint density at radius 2 is 2.25 bits per heavy atom. The molecule has 0 aliphatic rings. The van der Waals surface area contributed by atoms with Crippen LogP contribution in [0.4, 0.5) is 5.82 Å². The first-order valence-corrected chi connectivity index (χ1v) is 5.19. The molecule has 0 aliphatic carbocycles. The van der Waals surface area contributed by atoms with Gasteiger partial charge in [0.15, 0.2) is 5.82 Å². The van der Waals surface area contributed by atoms with Crippen molar-refractivity contribution in [3.05, 3.63) is 23.2 Å². The summed E-state index contributed by atoms with van der Waals surface area (Å²) in [7, 11) is 0. The summed E-state index contributed by atoms with van der Waals surface area (Å²) in [5.74, 6) is 1.55. The van der Waals surface area contributed by atoms with Crippen LogP contribution in [-0.2, 0) is 6.54 Å². The first-order valence-electron chi connectivity index (χ1n) is 5.19. The second-order valence-electron chi connectivity index (χ2n) is 4.10. The summed E-state index contributed by atoms with van der Waals surface area (Å²) in [5, 5.41) is 11.8. The fourth-order valence-corrected chi connectivity index (χ4v) is 1.69. The van der Waals surface area contributed by atoms with Crippen molar-refractivity contribution in [2.75, 3.05) is 5.73 Å².